The third-order valence-corrected chi connectivity index (χ3v) is 3.87. The van der Waals surface area contributed by atoms with Gasteiger partial charge in [0.2, 0.25) is 5.13 Å². The van der Waals surface area contributed by atoms with E-state index in [1.807, 2.05) is 0 Å². The van der Waals surface area contributed by atoms with Crippen LogP contribution in [0.15, 0.2) is 22.8 Å². The lowest BCUT2D eigenvalue weighted by Gasteiger charge is -1.99. The maximum Gasteiger partial charge on any atom is 0.313 e. The molecular weight excluding hydrogens is 307 g/mol. The monoisotopic (exact) mass is 314 g/mol. The third kappa shape index (κ3) is 3.96. The van der Waals surface area contributed by atoms with Gasteiger partial charge in [0.15, 0.2) is 4.34 Å². The summed E-state index contributed by atoms with van der Waals surface area (Å²) in [6.07, 6.45) is 2.21. The number of anilines is 1. The van der Waals surface area contributed by atoms with E-state index in [1.54, 1.807) is 0 Å². The van der Waals surface area contributed by atoms with Gasteiger partial charge in [-0.15, -0.1) is 10.2 Å². The summed E-state index contributed by atoms with van der Waals surface area (Å²) in [5.74, 6) is -2.30. The SMILES string of the molecule is O=C(O)CSc1nnc(NC(=O)c2cncc(F)c2)s1. The lowest BCUT2D eigenvalue weighted by atomic mass is 10.3. The van der Waals surface area contributed by atoms with Crippen molar-refractivity contribution in [3.8, 4) is 0 Å². The van der Waals surface area contributed by atoms with Crippen LogP contribution in [0, 0.1) is 5.82 Å². The van der Waals surface area contributed by atoms with Crippen molar-refractivity contribution in [3.05, 3.63) is 29.8 Å². The number of hydrogen-bond acceptors (Lipinski definition) is 7. The molecule has 0 spiro atoms. The molecule has 2 N–H and O–H groups in total. The molecule has 0 unspecified atom stereocenters. The van der Waals surface area contributed by atoms with Gasteiger partial charge >= 0.3 is 5.97 Å². The van der Waals surface area contributed by atoms with Crippen LogP contribution in [0.1, 0.15) is 10.4 Å². The Kier molecular flexibility index (Phi) is 4.58. The second kappa shape index (κ2) is 6.39. The minimum Gasteiger partial charge on any atom is -0.481 e. The highest BCUT2D eigenvalue weighted by molar-refractivity contribution is 8.01. The van der Waals surface area contributed by atoms with Crippen molar-refractivity contribution in [1.82, 2.24) is 15.2 Å². The minimum absolute atomic E-state index is 0.0555. The van der Waals surface area contributed by atoms with Gasteiger partial charge in [0.1, 0.15) is 5.82 Å². The summed E-state index contributed by atoms with van der Waals surface area (Å²) in [5.41, 5.74) is 0.0555. The number of carbonyl (C=O) groups is 2. The number of hydrogen-bond donors (Lipinski definition) is 2. The number of carboxylic acids is 1. The number of aliphatic carboxylic acids is 1. The fourth-order valence-corrected chi connectivity index (χ4v) is 2.61. The van der Waals surface area contributed by atoms with E-state index in [0.717, 1.165) is 35.4 Å². The van der Waals surface area contributed by atoms with Gasteiger partial charge in [-0.25, -0.2) is 4.39 Å². The molecule has 1 amide bonds. The van der Waals surface area contributed by atoms with E-state index in [0.29, 0.717) is 4.34 Å². The highest BCUT2D eigenvalue weighted by Gasteiger charge is 2.12. The molecule has 0 atom stereocenters. The summed E-state index contributed by atoms with van der Waals surface area (Å²) in [6.45, 7) is 0. The van der Waals surface area contributed by atoms with Gasteiger partial charge in [0, 0.05) is 6.20 Å². The summed E-state index contributed by atoms with van der Waals surface area (Å²) >= 11 is 2.03. The van der Waals surface area contributed by atoms with Crippen LogP contribution in [-0.2, 0) is 4.79 Å². The Morgan fingerprint density at radius 1 is 1.40 bits per heavy atom. The number of amides is 1. The Labute approximate surface area is 120 Å². The first-order chi connectivity index (χ1) is 9.54. The van der Waals surface area contributed by atoms with Gasteiger partial charge in [-0.1, -0.05) is 23.1 Å². The van der Waals surface area contributed by atoms with Gasteiger partial charge in [0.25, 0.3) is 5.91 Å². The summed E-state index contributed by atoms with van der Waals surface area (Å²) in [6, 6.07) is 1.05. The fourth-order valence-electron chi connectivity index (χ4n) is 1.15. The molecule has 20 heavy (non-hydrogen) atoms. The highest BCUT2D eigenvalue weighted by atomic mass is 32.2. The van der Waals surface area contributed by atoms with Gasteiger partial charge in [-0.05, 0) is 6.07 Å². The average Bonchev–Trinajstić information content (AvgIpc) is 2.84. The lowest BCUT2D eigenvalue weighted by molar-refractivity contribution is -0.133. The Balaban J connectivity index is 1.99. The van der Waals surface area contributed by atoms with Crippen LogP contribution in [0.4, 0.5) is 9.52 Å². The zero-order valence-electron chi connectivity index (χ0n) is 9.74. The molecule has 0 fully saturated rings. The largest absolute Gasteiger partial charge is 0.481 e. The number of carbonyl (C=O) groups excluding carboxylic acids is 1. The Morgan fingerprint density at radius 3 is 2.90 bits per heavy atom. The number of halogens is 1. The van der Waals surface area contributed by atoms with Crippen molar-refractivity contribution < 1.29 is 19.1 Å². The van der Waals surface area contributed by atoms with Gasteiger partial charge in [-0.3, -0.25) is 19.9 Å². The first-order valence-electron chi connectivity index (χ1n) is 5.14. The Bertz CT molecular complexity index is 649. The Morgan fingerprint density at radius 2 is 2.20 bits per heavy atom. The van der Waals surface area contributed by atoms with Crippen molar-refractivity contribution in [3.63, 3.8) is 0 Å². The number of aromatic nitrogens is 3. The second-order valence-corrected chi connectivity index (χ2v) is 5.60. The smallest absolute Gasteiger partial charge is 0.313 e. The lowest BCUT2D eigenvalue weighted by Crippen LogP contribution is -2.12. The van der Waals surface area contributed by atoms with E-state index < -0.39 is 17.7 Å². The summed E-state index contributed by atoms with van der Waals surface area (Å²) in [4.78, 5) is 25.7. The molecule has 0 radical (unpaired) electrons. The fraction of sp³-hybridized carbons (Fsp3) is 0.100. The number of pyridine rings is 1. The molecule has 0 saturated carbocycles. The molecule has 2 aromatic heterocycles. The first kappa shape index (κ1) is 14.3. The van der Waals surface area contributed by atoms with E-state index in [4.69, 9.17) is 5.11 Å². The van der Waals surface area contributed by atoms with Gasteiger partial charge in [-0.2, -0.15) is 0 Å². The number of thioether (sulfide) groups is 1. The van der Waals surface area contributed by atoms with Crippen molar-refractivity contribution in [2.75, 3.05) is 11.1 Å². The van der Waals surface area contributed by atoms with Crippen LogP contribution < -0.4 is 5.32 Å². The number of nitrogens with one attached hydrogen (secondary N) is 1. The molecule has 0 aliphatic heterocycles. The predicted octanol–water partition coefficient (Wildman–Crippen LogP) is 1.50. The van der Waals surface area contributed by atoms with Gasteiger partial charge in [0.05, 0.1) is 17.5 Å². The van der Waals surface area contributed by atoms with E-state index in [1.165, 1.54) is 6.20 Å². The van der Waals surface area contributed by atoms with Gasteiger partial charge < -0.3 is 5.11 Å². The third-order valence-electron chi connectivity index (χ3n) is 1.91. The predicted molar refractivity (Wildman–Crippen MR) is 70.4 cm³/mol. The summed E-state index contributed by atoms with van der Waals surface area (Å²) < 4.78 is 13.3. The van der Waals surface area contributed by atoms with E-state index in [2.05, 4.69) is 20.5 Å². The zero-order valence-corrected chi connectivity index (χ0v) is 11.4. The molecule has 0 aliphatic rings. The summed E-state index contributed by atoms with van der Waals surface area (Å²) in [7, 11) is 0. The molecular formula is C10H7FN4O3S2. The molecule has 0 bridgehead atoms. The average molecular weight is 314 g/mol. The van der Waals surface area contributed by atoms with E-state index in [9.17, 15) is 14.0 Å². The summed E-state index contributed by atoms with van der Waals surface area (Å²) in [5, 5.41) is 18.6. The molecule has 7 nitrogen and oxygen atoms in total. The molecule has 0 saturated heterocycles. The topological polar surface area (TPSA) is 105 Å². The van der Waals surface area contributed by atoms with Crippen LogP contribution in [0.5, 0.6) is 0 Å². The number of nitrogens with zero attached hydrogens (tertiary/aromatic N) is 3. The number of rotatable bonds is 5. The molecule has 10 heteroatoms. The quantitative estimate of drug-likeness (QED) is 0.636. The molecule has 104 valence electrons. The maximum atomic E-state index is 12.9. The van der Waals surface area contributed by atoms with Crippen LogP contribution in [0.3, 0.4) is 0 Å². The van der Waals surface area contributed by atoms with Crippen LogP contribution in [0.2, 0.25) is 0 Å². The van der Waals surface area contributed by atoms with E-state index >= 15 is 0 Å². The standard InChI is InChI=1S/C10H7FN4O3S2/c11-6-1-5(2-12-3-6)8(18)13-9-14-15-10(20-9)19-4-7(16)17/h1-3H,4H2,(H,16,17)(H,13,14,18). The molecule has 0 aromatic carbocycles. The van der Waals surface area contributed by atoms with Crippen molar-refractivity contribution in [2.45, 2.75) is 4.34 Å². The van der Waals surface area contributed by atoms with Crippen molar-refractivity contribution >= 4 is 40.1 Å². The molecule has 2 rings (SSSR count). The zero-order chi connectivity index (χ0) is 14.5. The Hall–Kier alpha value is -2.07. The van der Waals surface area contributed by atoms with Crippen LogP contribution in [0.25, 0.3) is 0 Å². The molecule has 2 aromatic rings. The molecule has 0 aliphatic carbocycles. The van der Waals surface area contributed by atoms with E-state index in [-0.39, 0.29) is 16.4 Å². The molecule has 2 heterocycles. The maximum absolute atomic E-state index is 12.9. The van der Waals surface area contributed by atoms with Crippen LogP contribution in [-0.4, -0.2) is 37.9 Å². The van der Waals surface area contributed by atoms with Crippen LogP contribution >= 0.6 is 23.1 Å². The van der Waals surface area contributed by atoms with Crippen molar-refractivity contribution in [1.29, 1.82) is 0 Å². The van der Waals surface area contributed by atoms with Crippen molar-refractivity contribution in [2.24, 2.45) is 0 Å². The highest BCUT2D eigenvalue weighted by Crippen LogP contribution is 2.25. The minimum atomic E-state index is -0.971. The number of carboxylic acid groups (broad SMARTS) is 1. The second-order valence-electron chi connectivity index (χ2n) is 3.40. The first-order valence-corrected chi connectivity index (χ1v) is 6.95. The normalized spacial score (nSPS) is 10.2.